The smallest absolute Gasteiger partial charge is 0.0332 e. The Hall–Kier alpha value is 0.270. The van der Waals surface area contributed by atoms with Crippen molar-refractivity contribution in [1.29, 1.82) is 0 Å². The summed E-state index contributed by atoms with van der Waals surface area (Å²) in [5, 5.41) is 0.826. The molecule has 2 fully saturated rings. The molecule has 1 aliphatic carbocycles. The molecule has 1 heterocycles. The van der Waals surface area contributed by atoms with Gasteiger partial charge in [0.1, 0.15) is 0 Å². The van der Waals surface area contributed by atoms with Crippen LogP contribution in [0.5, 0.6) is 0 Å². The van der Waals surface area contributed by atoms with Crippen molar-refractivity contribution in [2.75, 3.05) is 25.4 Å². The lowest BCUT2D eigenvalue weighted by atomic mass is 9.65. The monoisotopic (exact) mass is 312 g/mol. The van der Waals surface area contributed by atoms with E-state index in [1.54, 1.807) is 0 Å². The van der Waals surface area contributed by atoms with Gasteiger partial charge < -0.3 is 5.73 Å². The molecule has 2 nitrogen and oxygen atoms in total. The molecule has 2 rings (SSSR count). The zero-order chi connectivity index (χ0) is 15.5. The van der Waals surface area contributed by atoms with E-state index in [0.717, 1.165) is 17.7 Å². The number of rotatable bonds is 5. The van der Waals surface area contributed by atoms with Gasteiger partial charge in [-0.2, -0.15) is 11.8 Å². The quantitative estimate of drug-likeness (QED) is 0.827. The molecule has 0 aromatic heterocycles. The van der Waals surface area contributed by atoms with Crippen LogP contribution >= 0.6 is 11.8 Å². The average molecular weight is 313 g/mol. The summed E-state index contributed by atoms with van der Waals surface area (Å²) in [5.74, 6) is 2.19. The first-order valence-corrected chi connectivity index (χ1v) is 10.1. The summed E-state index contributed by atoms with van der Waals surface area (Å²) in [5.41, 5.74) is 7.11. The van der Waals surface area contributed by atoms with Gasteiger partial charge in [-0.25, -0.2) is 0 Å². The van der Waals surface area contributed by atoms with Crippen molar-refractivity contribution in [2.24, 2.45) is 17.1 Å². The molecule has 0 spiro atoms. The minimum atomic E-state index is 0.314. The lowest BCUT2D eigenvalue weighted by Gasteiger charge is -2.52. The van der Waals surface area contributed by atoms with Crippen LogP contribution in [-0.4, -0.2) is 41.1 Å². The van der Waals surface area contributed by atoms with Gasteiger partial charge in [0.25, 0.3) is 0 Å². The van der Waals surface area contributed by atoms with E-state index in [0.29, 0.717) is 11.0 Å². The number of nitrogens with zero attached hydrogens (tertiary/aromatic N) is 1. The Balaban J connectivity index is 2.01. The Morgan fingerprint density at radius 2 is 1.90 bits per heavy atom. The largest absolute Gasteiger partial charge is 0.329 e. The molecular weight excluding hydrogens is 276 g/mol. The predicted octanol–water partition coefficient (Wildman–Crippen LogP) is 4.14. The highest BCUT2D eigenvalue weighted by atomic mass is 32.2. The number of hydrogen-bond donors (Lipinski definition) is 1. The molecule has 0 aromatic carbocycles. The van der Waals surface area contributed by atoms with E-state index in [9.17, 15) is 0 Å². The van der Waals surface area contributed by atoms with Crippen LogP contribution in [-0.2, 0) is 0 Å². The average Bonchev–Trinajstić information content (AvgIpc) is 2.55. The molecule has 1 saturated carbocycles. The van der Waals surface area contributed by atoms with Crippen molar-refractivity contribution in [2.45, 2.75) is 77.0 Å². The fraction of sp³-hybridized carbons (Fsp3) is 1.00. The SMILES string of the molecule is CCC1CN(C2(CN)CCC(C(C)(C)CC)CC2)CCS1. The third kappa shape index (κ3) is 3.79. The lowest BCUT2D eigenvalue weighted by Crippen LogP contribution is -2.59. The van der Waals surface area contributed by atoms with Gasteiger partial charge in [0.2, 0.25) is 0 Å². The number of nitrogens with two attached hydrogens (primary N) is 1. The summed E-state index contributed by atoms with van der Waals surface area (Å²) < 4.78 is 0. The zero-order valence-corrected chi connectivity index (χ0v) is 15.5. The second-order valence-corrected chi connectivity index (χ2v) is 9.30. The number of hydrogen-bond acceptors (Lipinski definition) is 3. The minimum absolute atomic E-state index is 0.314. The maximum Gasteiger partial charge on any atom is 0.0332 e. The van der Waals surface area contributed by atoms with E-state index < -0.39 is 0 Å². The van der Waals surface area contributed by atoms with E-state index in [1.807, 2.05) is 0 Å². The molecule has 124 valence electrons. The molecule has 3 heteroatoms. The van der Waals surface area contributed by atoms with E-state index in [4.69, 9.17) is 5.73 Å². The van der Waals surface area contributed by atoms with Crippen molar-refractivity contribution in [3.05, 3.63) is 0 Å². The first-order chi connectivity index (χ1) is 9.97. The van der Waals surface area contributed by atoms with Crippen molar-refractivity contribution in [3.63, 3.8) is 0 Å². The van der Waals surface area contributed by atoms with Gasteiger partial charge in [0.05, 0.1) is 0 Å². The summed E-state index contributed by atoms with van der Waals surface area (Å²) in [6.45, 7) is 13.0. The highest BCUT2D eigenvalue weighted by Crippen LogP contribution is 2.45. The third-order valence-corrected chi connectivity index (χ3v) is 7.95. The van der Waals surface area contributed by atoms with Gasteiger partial charge in [-0.1, -0.05) is 34.1 Å². The van der Waals surface area contributed by atoms with Gasteiger partial charge in [-0.15, -0.1) is 0 Å². The zero-order valence-electron chi connectivity index (χ0n) is 14.7. The van der Waals surface area contributed by atoms with Crippen LogP contribution in [0.2, 0.25) is 0 Å². The van der Waals surface area contributed by atoms with Crippen LogP contribution in [0.4, 0.5) is 0 Å². The molecule has 0 amide bonds. The van der Waals surface area contributed by atoms with Crippen LogP contribution in [0.25, 0.3) is 0 Å². The molecule has 0 aromatic rings. The molecule has 1 atom stereocenters. The van der Waals surface area contributed by atoms with Crippen LogP contribution < -0.4 is 5.73 Å². The topological polar surface area (TPSA) is 29.3 Å². The summed E-state index contributed by atoms with van der Waals surface area (Å²) in [4.78, 5) is 2.77. The molecule has 1 unspecified atom stereocenters. The molecule has 1 saturated heterocycles. The normalized spacial score (nSPS) is 35.9. The highest BCUT2D eigenvalue weighted by molar-refractivity contribution is 8.00. The maximum atomic E-state index is 6.29. The summed E-state index contributed by atoms with van der Waals surface area (Å²) in [6.07, 6.45) is 7.98. The molecule has 1 aliphatic heterocycles. The van der Waals surface area contributed by atoms with Gasteiger partial charge in [0.15, 0.2) is 0 Å². The van der Waals surface area contributed by atoms with Crippen LogP contribution in [0.15, 0.2) is 0 Å². The summed E-state index contributed by atoms with van der Waals surface area (Å²) in [6, 6.07) is 0. The van der Waals surface area contributed by atoms with Crippen molar-refractivity contribution >= 4 is 11.8 Å². The molecule has 21 heavy (non-hydrogen) atoms. The Bertz CT molecular complexity index is 321. The molecular formula is C18H36N2S. The predicted molar refractivity (Wildman–Crippen MR) is 95.9 cm³/mol. The van der Waals surface area contributed by atoms with E-state index in [-0.39, 0.29) is 0 Å². The summed E-state index contributed by atoms with van der Waals surface area (Å²) >= 11 is 2.17. The van der Waals surface area contributed by atoms with Crippen LogP contribution in [0, 0.1) is 11.3 Å². The molecule has 2 aliphatic rings. The minimum Gasteiger partial charge on any atom is -0.329 e. The molecule has 0 bridgehead atoms. The second-order valence-electron chi connectivity index (χ2n) is 7.89. The Labute approximate surface area is 136 Å². The summed E-state index contributed by atoms with van der Waals surface area (Å²) in [7, 11) is 0. The first-order valence-electron chi connectivity index (χ1n) is 9.04. The molecule has 2 N–H and O–H groups in total. The van der Waals surface area contributed by atoms with Crippen molar-refractivity contribution < 1.29 is 0 Å². The van der Waals surface area contributed by atoms with Gasteiger partial charge in [0, 0.05) is 36.2 Å². The van der Waals surface area contributed by atoms with Crippen LogP contribution in [0.1, 0.15) is 66.2 Å². The Morgan fingerprint density at radius 3 is 2.43 bits per heavy atom. The lowest BCUT2D eigenvalue weighted by molar-refractivity contribution is 0.0182. The fourth-order valence-electron chi connectivity index (χ4n) is 4.27. The first kappa shape index (κ1) is 17.6. The van der Waals surface area contributed by atoms with Crippen molar-refractivity contribution in [3.8, 4) is 0 Å². The standard InChI is InChI=1S/C18H36N2S/c1-5-16-13-20(11-12-21-16)18(14-19)9-7-15(8-10-18)17(3,4)6-2/h15-16H,5-14,19H2,1-4H3. The fourth-order valence-corrected chi connectivity index (χ4v) is 5.45. The molecule has 0 radical (unpaired) electrons. The van der Waals surface area contributed by atoms with E-state index in [1.165, 1.54) is 57.4 Å². The third-order valence-electron chi connectivity index (χ3n) is 6.58. The van der Waals surface area contributed by atoms with Gasteiger partial charge in [-0.05, 0) is 43.4 Å². The van der Waals surface area contributed by atoms with Gasteiger partial charge >= 0.3 is 0 Å². The van der Waals surface area contributed by atoms with Crippen LogP contribution in [0.3, 0.4) is 0 Å². The highest BCUT2D eigenvalue weighted by Gasteiger charge is 2.43. The second kappa shape index (κ2) is 7.23. The number of thioether (sulfide) groups is 1. The Morgan fingerprint density at radius 1 is 1.24 bits per heavy atom. The maximum absolute atomic E-state index is 6.29. The Kier molecular flexibility index (Phi) is 6.07. The van der Waals surface area contributed by atoms with Gasteiger partial charge in [-0.3, -0.25) is 4.90 Å². The van der Waals surface area contributed by atoms with E-state index in [2.05, 4.69) is 44.4 Å². The van der Waals surface area contributed by atoms with Crippen molar-refractivity contribution in [1.82, 2.24) is 4.90 Å². The van der Waals surface area contributed by atoms with E-state index >= 15 is 0 Å².